The summed E-state index contributed by atoms with van der Waals surface area (Å²) in [5.41, 5.74) is 5.70. The predicted molar refractivity (Wildman–Crippen MR) is 66.4 cm³/mol. The Bertz CT molecular complexity index is 184. The van der Waals surface area contributed by atoms with Crippen molar-refractivity contribution in [2.75, 3.05) is 32.8 Å². The van der Waals surface area contributed by atoms with E-state index in [2.05, 4.69) is 4.90 Å². The van der Waals surface area contributed by atoms with E-state index in [1.165, 1.54) is 58.2 Å². The van der Waals surface area contributed by atoms with Crippen LogP contribution in [0.15, 0.2) is 0 Å². The van der Waals surface area contributed by atoms with Crippen LogP contribution in [-0.2, 0) is 4.74 Å². The lowest BCUT2D eigenvalue weighted by atomic mass is 9.97. The Morgan fingerprint density at radius 1 is 1.19 bits per heavy atom. The lowest BCUT2D eigenvalue weighted by molar-refractivity contribution is 0.0961. The molecule has 0 spiro atoms. The summed E-state index contributed by atoms with van der Waals surface area (Å²) in [5.74, 6) is 0.786. The molecule has 2 aliphatic rings. The van der Waals surface area contributed by atoms with Gasteiger partial charge in [0.25, 0.3) is 0 Å². The first kappa shape index (κ1) is 12.3. The first-order chi connectivity index (χ1) is 7.88. The maximum atomic E-state index is 5.70. The molecule has 3 heteroatoms. The smallest absolute Gasteiger partial charge is 0.0576 e. The van der Waals surface area contributed by atoms with Gasteiger partial charge in [-0.2, -0.15) is 0 Å². The van der Waals surface area contributed by atoms with Crippen LogP contribution in [0.1, 0.15) is 38.5 Å². The zero-order valence-electron chi connectivity index (χ0n) is 10.4. The van der Waals surface area contributed by atoms with Gasteiger partial charge in [-0.3, -0.25) is 0 Å². The average molecular weight is 226 g/mol. The quantitative estimate of drug-likeness (QED) is 0.774. The Labute approximate surface area is 99.3 Å². The van der Waals surface area contributed by atoms with Crippen LogP contribution in [0.4, 0.5) is 0 Å². The van der Waals surface area contributed by atoms with Gasteiger partial charge in [-0.05, 0) is 70.6 Å². The van der Waals surface area contributed by atoms with E-state index in [9.17, 15) is 0 Å². The minimum atomic E-state index is 0.571. The van der Waals surface area contributed by atoms with Crippen molar-refractivity contribution in [2.45, 2.75) is 44.6 Å². The maximum absolute atomic E-state index is 5.70. The second kappa shape index (κ2) is 6.58. The summed E-state index contributed by atoms with van der Waals surface area (Å²) < 4.78 is 5.64. The molecule has 0 aromatic heterocycles. The van der Waals surface area contributed by atoms with Gasteiger partial charge >= 0.3 is 0 Å². The zero-order valence-corrected chi connectivity index (χ0v) is 10.4. The van der Waals surface area contributed by atoms with Gasteiger partial charge in [0.1, 0.15) is 0 Å². The van der Waals surface area contributed by atoms with Crippen molar-refractivity contribution in [1.82, 2.24) is 4.90 Å². The molecule has 1 unspecified atom stereocenters. The summed E-state index contributed by atoms with van der Waals surface area (Å²) in [6, 6.07) is 0. The predicted octanol–water partition coefficient (Wildman–Crippen LogP) is 1.62. The first-order valence-corrected chi connectivity index (χ1v) is 6.92. The molecule has 1 atom stereocenters. The van der Waals surface area contributed by atoms with Crippen molar-refractivity contribution in [3.8, 4) is 0 Å². The van der Waals surface area contributed by atoms with E-state index in [-0.39, 0.29) is 0 Å². The van der Waals surface area contributed by atoms with E-state index in [1.807, 2.05) is 0 Å². The molecule has 16 heavy (non-hydrogen) atoms. The molecule has 0 amide bonds. The van der Waals surface area contributed by atoms with Crippen LogP contribution in [0, 0.1) is 5.92 Å². The Hall–Kier alpha value is -0.120. The summed E-state index contributed by atoms with van der Waals surface area (Å²) in [4.78, 5) is 2.60. The minimum absolute atomic E-state index is 0.571. The van der Waals surface area contributed by atoms with Crippen LogP contribution in [0.3, 0.4) is 0 Å². The number of ether oxygens (including phenoxy) is 1. The Kier molecular flexibility index (Phi) is 5.07. The van der Waals surface area contributed by atoms with Gasteiger partial charge in [0.05, 0.1) is 6.10 Å². The molecule has 0 saturated carbocycles. The van der Waals surface area contributed by atoms with E-state index in [4.69, 9.17) is 10.5 Å². The molecule has 2 N–H and O–H groups in total. The van der Waals surface area contributed by atoms with Crippen molar-refractivity contribution in [1.29, 1.82) is 0 Å². The normalized spacial score (nSPS) is 28.7. The molecule has 0 aromatic carbocycles. The van der Waals surface area contributed by atoms with E-state index in [0.29, 0.717) is 6.10 Å². The Morgan fingerprint density at radius 3 is 2.62 bits per heavy atom. The average Bonchev–Trinajstić information content (AvgIpc) is 2.83. The van der Waals surface area contributed by atoms with Gasteiger partial charge in [0.2, 0.25) is 0 Å². The highest BCUT2D eigenvalue weighted by Gasteiger charge is 2.19. The van der Waals surface area contributed by atoms with E-state index in [0.717, 1.165) is 19.1 Å². The van der Waals surface area contributed by atoms with Crippen LogP contribution in [0.2, 0.25) is 0 Å². The van der Waals surface area contributed by atoms with Crippen LogP contribution in [-0.4, -0.2) is 43.8 Å². The van der Waals surface area contributed by atoms with Gasteiger partial charge < -0.3 is 15.4 Å². The molecule has 2 aliphatic heterocycles. The topological polar surface area (TPSA) is 38.5 Å². The molecule has 0 aromatic rings. The van der Waals surface area contributed by atoms with E-state index in [1.54, 1.807) is 0 Å². The molecule has 2 fully saturated rings. The lowest BCUT2D eigenvalue weighted by Gasteiger charge is -2.31. The number of nitrogens with zero attached hydrogens (tertiary/aromatic N) is 1. The summed E-state index contributed by atoms with van der Waals surface area (Å²) in [5, 5.41) is 0. The van der Waals surface area contributed by atoms with Crippen LogP contribution in [0.5, 0.6) is 0 Å². The Morgan fingerprint density at radius 2 is 2.00 bits per heavy atom. The fraction of sp³-hybridized carbons (Fsp3) is 1.00. The van der Waals surface area contributed by atoms with Gasteiger partial charge in [-0.25, -0.2) is 0 Å². The van der Waals surface area contributed by atoms with Crippen LogP contribution < -0.4 is 5.73 Å². The van der Waals surface area contributed by atoms with Gasteiger partial charge in [-0.15, -0.1) is 0 Å². The monoisotopic (exact) mass is 226 g/mol. The highest BCUT2D eigenvalue weighted by atomic mass is 16.5. The SMILES string of the molecule is NCC1CCN(CCCC2CCCO2)CC1. The fourth-order valence-electron chi connectivity index (χ4n) is 2.86. The zero-order chi connectivity index (χ0) is 11.2. The second-order valence-corrected chi connectivity index (χ2v) is 5.30. The Balaban J connectivity index is 1.53. The molecule has 2 heterocycles. The van der Waals surface area contributed by atoms with Crippen LogP contribution >= 0.6 is 0 Å². The largest absolute Gasteiger partial charge is 0.378 e. The summed E-state index contributed by atoms with van der Waals surface area (Å²) in [6.45, 7) is 5.65. The highest BCUT2D eigenvalue weighted by Crippen LogP contribution is 2.19. The summed E-state index contributed by atoms with van der Waals surface area (Å²) >= 11 is 0. The molecule has 2 saturated heterocycles. The molecular weight excluding hydrogens is 200 g/mol. The second-order valence-electron chi connectivity index (χ2n) is 5.30. The molecule has 0 radical (unpaired) electrons. The van der Waals surface area contributed by atoms with Crippen molar-refractivity contribution in [3.63, 3.8) is 0 Å². The molecule has 0 bridgehead atoms. The maximum Gasteiger partial charge on any atom is 0.0576 e. The highest BCUT2D eigenvalue weighted by molar-refractivity contribution is 4.73. The van der Waals surface area contributed by atoms with Crippen molar-refractivity contribution < 1.29 is 4.74 Å². The molecule has 2 rings (SSSR count). The van der Waals surface area contributed by atoms with Crippen molar-refractivity contribution in [2.24, 2.45) is 11.7 Å². The number of hydrogen-bond acceptors (Lipinski definition) is 3. The molecule has 0 aliphatic carbocycles. The fourth-order valence-corrected chi connectivity index (χ4v) is 2.86. The molecular formula is C13H26N2O. The third-order valence-corrected chi connectivity index (χ3v) is 4.06. The summed E-state index contributed by atoms with van der Waals surface area (Å²) in [6.07, 6.45) is 8.30. The number of hydrogen-bond donors (Lipinski definition) is 1. The number of nitrogens with two attached hydrogens (primary N) is 1. The number of piperidine rings is 1. The lowest BCUT2D eigenvalue weighted by Crippen LogP contribution is -2.36. The van der Waals surface area contributed by atoms with Gasteiger partial charge in [0, 0.05) is 6.61 Å². The number of rotatable bonds is 5. The number of likely N-dealkylation sites (tertiary alicyclic amines) is 1. The van der Waals surface area contributed by atoms with Crippen molar-refractivity contribution >= 4 is 0 Å². The third kappa shape index (κ3) is 3.72. The van der Waals surface area contributed by atoms with Crippen LogP contribution in [0.25, 0.3) is 0 Å². The third-order valence-electron chi connectivity index (χ3n) is 4.06. The first-order valence-electron chi connectivity index (χ1n) is 6.92. The van der Waals surface area contributed by atoms with E-state index >= 15 is 0 Å². The molecule has 94 valence electrons. The van der Waals surface area contributed by atoms with E-state index < -0.39 is 0 Å². The molecule has 3 nitrogen and oxygen atoms in total. The summed E-state index contributed by atoms with van der Waals surface area (Å²) in [7, 11) is 0. The van der Waals surface area contributed by atoms with Gasteiger partial charge in [0.15, 0.2) is 0 Å². The van der Waals surface area contributed by atoms with Crippen molar-refractivity contribution in [3.05, 3.63) is 0 Å². The van der Waals surface area contributed by atoms with Gasteiger partial charge in [-0.1, -0.05) is 0 Å². The minimum Gasteiger partial charge on any atom is -0.378 e. The standard InChI is InChI=1S/C13H26N2O/c14-11-12-5-8-15(9-6-12)7-1-3-13-4-2-10-16-13/h12-13H,1-11,14H2.